The molecule has 0 aliphatic heterocycles. The molecule has 7 heteroatoms. The highest BCUT2D eigenvalue weighted by atomic mass is 35.5. The second kappa shape index (κ2) is 11.6. The van der Waals surface area contributed by atoms with Crippen molar-refractivity contribution in [3.8, 4) is 5.75 Å². The van der Waals surface area contributed by atoms with Crippen LogP contribution in [0.2, 0.25) is 5.02 Å². The summed E-state index contributed by atoms with van der Waals surface area (Å²) in [6, 6.07) is 3.31. The molecule has 21 heavy (non-hydrogen) atoms. The van der Waals surface area contributed by atoms with Gasteiger partial charge in [-0.3, -0.25) is 5.41 Å². The van der Waals surface area contributed by atoms with Gasteiger partial charge in [-0.05, 0) is 38.5 Å². The van der Waals surface area contributed by atoms with E-state index < -0.39 is 6.10 Å². The minimum atomic E-state index is -1.16. The van der Waals surface area contributed by atoms with Gasteiger partial charge >= 0.3 is 0 Å². The maximum Gasteiger partial charge on any atom is 0.215 e. The molecular weight excluding hydrogens is 317 g/mol. The summed E-state index contributed by atoms with van der Waals surface area (Å²) in [6.45, 7) is 5.84. The lowest BCUT2D eigenvalue weighted by molar-refractivity contribution is 0.187. The molecule has 122 valence electrons. The van der Waals surface area contributed by atoms with Crippen molar-refractivity contribution >= 4 is 29.9 Å². The Labute approximate surface area is 136 Å². The van der Waals surface area contributed by atoms with Crippen LogP contribution in [0.25, 0.3) is 0 Å². The van der Waals surface area contributed by atoms with Crippen LogP contribution in [0.1, 0.15) is 31.1 Å². The molecule has 0 fully saturated rings. The van der Waals surface area contributed by atoms with E-state index in [-0.39, 0.29) is 24.9 Å². The monoisotopic (exact) mass is 339 g/mol. The van der Waals surface area contributed by atoms with Crippen molar-refractivity contribution in [1.82, 2.24) is 0 Å². The lowest BCUT2D eigenvalue weighted by Gasteiger charge is -2.17. The van der Waals surface area contributed by atoms with Crippen LogP contribution in [0.15, 0.2) is 12.1 Å². The first-order valence-electron chi connectivity index (χ1n) is 6.26. The number of rotatable bonds is 4. The van der Waals surface area contributed by atoms with Gasteiger partial charge < -0.3 is 19.7 Å². The molecule has 0 aromatic heterocycles. The number of benzene rings is 1. The number of hydrogen-bond donors (Lipinski definition) is 3. The zero-order chi connectivity index (χ0) is 15.7. The molecular formula is C14H23Cl2NO4. The van der Waals surface area contributed by atoms with Crippen LogP contribution >= 0.6 is 24.0 Å². The normalized spacial score (nSPS) is 10.6. The van der Waals surface area contributed by atoms with Gasteiger partial charge in [0, 0.05) is 17.2 Å². The van der Waals surface area contributed by atoms with Crippen LogP contribution in [0.3, 0.4) is 0 Å². The second-order valence-corrected chi connectivity index (χ2v) is 4.30. The average molecular weight is 340 g/mol. The van der Waals surface area contributed by atoms with Crippen molar-refractivity contribution in [2.24, 2.45) is 0 Å². The maximum atomic E-state index is 9.99. The standard InChI is InChI=1S/C12H16ClNO3.C2H6O.ClH/c1-4-17-12(14)10(15)9-6-8(13)5-7(2)11(9)16-3;1-2-3;/h5-6,10,14-15H,4H2,1-3H3;3H,2H2,1H3;1H. The van der Waals surface area contributed by atoms with E-state index in [1.54, 1.807) is 26.0 Å². The Morgan fingerprint density at radius 3 is 2.33 bits per heavy atom. The number of aryl methyl sites for hydroxylation is 1. The Bertz CT molecular complexity index is 441. The number of nitrogens with one attached hydrogen (secondary N) is 1. The Morgan fingerprint density at radius 2 is 1.90 bits per heavy atom. The summed E-state index contributed by atoms with van der Waals surface area (Å²) >= 11 is 5.93. The molecule has 0 aliphatic rings. The quantitative estimate of drug-likeness (QED) is 0.581. The molecule has 0 heterocycles. The summed E-state index contributed by atoms with van der Waals surface area (Å²) in [5.74, 6) is 0.304. The van der Waals surface area contributed by atoms with E-state index in [0.717, 1.165) is 5.56 Å². The Hall–Kier alpha value is -1.01. The zero-order valence-corrected chi connectivity index (χ0v) is 14.2. The molecule has 0 spiro atoms. The van der Waals surface area contributed by atoms with Crippen LogP contribution in [0, 0.1) is 12.3 Å². The van der Waals surface area contributed by atoms with Crippen LogP contribution < -0.4 is 4.74 Å². The van der Waals surface area contributed by atoms with Crippen molar-refractivity contribution in [2.45, 2.75) is 26.9 Å². The first-order valence-corrected chi connectivity index (χ1v) is 6.64. The minimum absolute atomic E-state index is 0. The lowest BCUT2D eigenvalue weighted by atomic mass is 10.0. The highest BCUT2D eigenvalue weighted by molar-refractivity contribution is 6.30. The Morgan fingerprint density at radius 1 is 1.38 bits per heavy atom. The fourth-order valence-corrected chi connectivity index (χ4v) is 1.89. The van der Waals surface area contributed by atoms with E-state index >= 15 is 0 Å². The van der Waals surface area contributed by atoms with E-state index in [2.05, 4.69) is 0 Å². The molecule has 0 bridgehead atoms. The summed E-state index contributed by atoms with van der Waals surface area (Å²) in [7, 11) is 1.51. The van der Waals surface area contributed by atoms with E-state index in [9.17, 15) is 5.11 Å². The SMILES string of the molecule is CCO.CCOC(=N)C(O)c1cc(Cl)cc(C)c1OC.Cl. The highest BCUT2D eigenvalue weighted by Crippen LogP contribution is 2.32. The molecule has 1 aromatic carbocycles. The molecule has 0 aliphatic carbocycles. The van der Waals surface area contributed by atoms with Gasteiger partial charge in [0.05, 0.1) is 13.7 Å². The van der Waals surface area contributed by atoms with Gasteiger partial charge in [0.25, 0.3) is 0 Å². The number of hydrogen-bond acceptors (Lipinski definition) is 5. The average Bonchev–Trinajstić information content (AvgIpc) is 2.38. The molecule has 0 saturated carbocycles. The third-order valence-corrected chi connectivity index (χ3v) is 2.53. The van der Waals surface area contributed by atoms with E-state index in [4.69, 9.17) is 31.6 Å². The predicted octanol–water partition coefficient (Wildman–Crippen LogP) is 3.12. The molecule has 1 aromatic rings. The van der Waals surface area contributed by atoms with Crippen LogP contribution in [-0.2, 0) is 4.74 Å². The smallest absolute Gasteiger partial charge is 0.215 e. The zero-order valence-electron chi connectivity index (χ0n) is 12.6. The van der Waals surface area contributed by atoms with Crippen molar-refractivity contribution in [1.29, 1.82) is 5.41 Å². The molecule has 1 atom stereocenters. The first-order chi connectivity index (χ1) is 9.42. The number of aliphatic hydroxyl groups is 2. The Balaban J connectivity index is 0. The fraction of sp³-hybridized carbons (Fsp3) is 0.500. The van der Waals surface area contributed by atoms with Gasteiger partial charge in [-0.25, -0.2) is 0 Å². The van der Waals surface area contributed by atoms with Crippen molar-refractivity contribution in [3.63, 3.8) is 0 Å². The fourth-order valence-electron chi connectivity index (χ4n) is 1.61. The number of ether oxygens (including phenoxy) is 2. The number of methoxy groups -OCH3 is 1. The van der Waals surface area contributed by atoms with Crippen molar-refractivity contribution in [2.75, 3.05) is 20.3 Å². The van der Waals surface area contributed by atoms with Crippen molar-refractivity contribution in [3.05, 3.63) is 28.3 Å². The largest absolute Gasteiger partial charge is 0.496 e. The van der Waals surface area contributed by atoms with E-state index in [1.807, 2.05) is 6.92 Å². The summed E-state index contributed by atoms with van der Waals surface area (Å²) in [6.07, 6.45) is -1.16. The maximum absolute atomic E-state index is 9.99. The summed E-state index contributed by atoms with van der Waals surface area (Å²) < 4.78 is 10.2. The lowest BCUT2D eigenvalue weighted by Crippen LogP contribution is -2.15. The summed E-state index contributed by atoms with van der Waals surface area (Å²) in [4.78, 5) is 0. The second-order valence-electron chi connectivity index (χ2n) is 3.86. The van der Waals surface area contributed by atoms with Gasteiger partial charge in [0.15, 0.2) is 6.10 Å². The van der Waals surface area contributed by atoms with Gasteiger partial charge in [0.2, 0.25) is 5.90 Å². The summed E-state index contributed by atoms with van der Waals surface area (Å²) in [5, 5.41) is 25.6. The molecule has 5 nitrogen and oxygen atoms in total. The topological polar surface area (TPSA) is 82.8 Å². The highest BCUT2D eigenvalue weighted by Gasteiger charge is 2.21. The third kappa shape index (κ3) is 7.00. The number of halogens is 2. The van der Waals surface area contributed by atoms with Crippen LogP contribution in [-0.4, -0.2) is 36.4 Å². The van der Waals surface area contributed by atoms with E-state index in [1.165, 1.54) is 7.11 Å². The van der Waals surface area contributed by atoms with Crippen molar-refractivity contribution < 1.29 is 19.7 Å². The van der Waals surface area contributed by atoms with Gasteiger partial charge in [-0.2, -0.15) is 0 Å². The van der Waals surface area contributed by atoms with Crippen LogP contribution in [0.5, 0.6) is 5.75 Å². The third-order valence-electron chi connectivity index (χ3n) is 2.32. The molecule has 0 amide bonds. The molecule has 1 rings (SSSR count). The summed E-state index contributed by atoms with van der Waals surface area (Å²) in [5.41, 5.74) is 1.24. The Kier molecular flexibility index (Phi) is 12.3. The predicted molar refractivity (Wildman–Crippen MR) is 87.1 cm³/mol. The molecule has 1 unspecified atom stereocenters. The minimum Gasteiger partial charge on any atom is -0.496 e. The van der Waals surface area contributed by atoms with Gasteiger partial charge in [-0.15, -0.1) is 12.4 Å². The first kappa shape index (κ1) is 22.3. The molecule has 0 saturated heterocycles. The molecule has 0 radical (unpaired) electrons. The van der Waals surface area contributed by atoms with Crippen LogP contribution in [0.4, 0.5) is 0 Å². The molecule has 3 N–H and O–H groups in total. The number of aliphatic hydroxyl groups excluding tert-OH is 2. The van der Waals surface area contributed by atoms with Gasteiger partial charge in [-0.1, -0.05) is 11.6 Å². The van der Waals surface area contributed by atoms with Gasteiger partial charge in [0.1, 0.15) is 5.75 Å². The van der Waals surface area contributed by atoms with E-state index in [0.29, 0.717) is 22.9 Å².